The van der Waals surface area contributed by atoms with E-state index >= 15 is 0 Å². The van der Waals surface area contributed by atoms with Crippen molar-refractivity contribution in [2.45, 2.75) is 32.8 Å². The third kappa shape index (κ3) is 3.71. The van der Waals surface area contributed by atoms with Crippen LogP contribution in [0.2, 0.25) is 0 Å². The van der Waals surface area contributed by atoms with E-state index in [2.05, 4.69) is 10.5 Å². The number of carbonyl (C=O) groups excluding carboxylic acids is 1. The predicted molar refractivity (Wildman–Crippen MR) is 72.5 cm³/mol. The van der Waals surface area contributed by atoms with Gasteiger partial charge >= 0.3 is 6.09 Å². The van der Waals surface area contributed by atoms with Gasteiger partial charge in [0, 0.05) is 12.0 Å². The van der Waals surface area contributed by atoms with Gasteiger partial charge in [-0.05, 0) is 32.9 Å². The van der Waals surface area contributed by atoms with Gasteiger partial charge in [-0.2, -0.15) is 5.10 Å². The SMILES string of the molecule is CC(C)(C)OC(=O)N/N=C1/CCOc2ccccc21. The van der Waals surface area contributed by atoms with E-state index in [1.165, 1.54) is 0 Å². The van der Waals surface area contributed by atoms with E-state index < -0.39 is 11.7 Å². The molecule has 1 aliphatic heterocycles. The highest BCUT2D eigenvalue weighted by molar-refractivity contribution is 6.03. The molecule has 0 spiro atoms. The van der Waals surface area contributed by atoms with E-state index in [1.54, 1.807) is 0 Å². The molecule has 1 aromatic rings. The monoisotopic (exact) mass is 262 g/mol. The average molecular weight is 262 g/mol. The smallest absolute Gasteiger partial charge is 0.428 e. The second-order valence-corrected chi connectivity index (χ2v) is 5.27. The van der Waals surface area contributed by atoms with E-state index in [0.717, 1.165) is 17.0 Å². The lowest BCUT2D eigenvalue weighted by Gasteiger charge is -2.20. The number of rotatable bonds is 1. The molecule has 0 unspecified atom stereocenters. The van der Waals surface area contributed by atoms with Gasteiger partial charge in [-0.3, -0.25) is 0 Å². The van der Waals surface area contributed by atoms with Gasteiger partial charge in [0.15, 0.2) is 0 Å². The van der Waals surface area contributed by atoms with Gasteiger partial charge in [0.25, 0.3) is 0 Å². The maximum Gasteiger partial charge on any atom is 0.428 e. The van der Waals surface area contributed by atoms with Crippen molar-refractivity contribution in [3.8, 4) is 5.75 Å². The number of fused-ring (bicyclic) bond motifs is 1. The first-order chi connectivity index (χ1) is 8.96. The normalized spacial score (nSPS) is 16.5. The minimum absolute atomic E-state index is 0.530. The van der Waals surface area contributed by atoms with Crippen LogP contribution < -0.4 is 10.2 Å². The van der Waals surface area contributed by atoms with E-state index in [1.807, 2.05) is 45.0 Å². The maximum atomic E-state index is 11.5. The topological polar surface area (TPSA) is 59.9 Å². The van der Waals surface area contributed by atoms with Crippen molar-refractivity contribution in [2.24, 2.45) is 5.10 Å². The summed E-state index contributed by atoms with van der Waals surface area (Å²) in [6, 6.07) is 7.63. The zero-order chi connectivity index (χ0) is 13.9. The molecule has 5 nitrogen and oxygen atoms in total. The van der Waals surface area contributed by atoms with Crippen molar-refractivity contribution in [1.82, 2.24) is 5.43 Å². The molecule has 1 N–H and O–H groups in total. The number of ether oxygens (including phenoxy) is 2. The highest BCUT2D eigenvalue weighted by Gasteiger charge is 2.18. The molecular formula is C14H18N2O3. The van der Waals surface area contributed by atoms with E-state index in [-0.39, 0.29) is 0 Å². The molecule has 0 atom stereocenters. The molecule has 1 heterocycles. The number of hydrogen-bond acceptors (Lipinski definition) is 4. The number of hydrazone groups is 1. The quantitative estimate of drug-likeness (QED) is 0.791. The van der Waals surface area contributed by atoms with Crippen LogP contribution in [0.1, 0.15) is 32.8 Å². The second kappa shape index (κ2) is 5.30. The number of hydrogen-bond donors (Lipinski definition) is 1. The van der Waals surface area contributed by atoms with Crippen LogP contribution in [0.5, 0.6) is 5.75 Å². The summed E-state index contributed by atoms with van der Waals surface area (Å²) in [5, 5.41) is 4.12. The van der Waals surface area contributed by atoms with Crippen molar-refractivity contribution in [3.05, 3.63) is 29.8 Å². The van der Waals surface area contributed by atoms with Gasteiger partial charge in [-0.1, -0.05) is 12.1 Å². The largest absolute Gasteiger partial charge is 0.492 e. The van der Waals surface area contributed by atoms with Crippen molar-refractivity contribution >= 4 is 11.8 Å². The molecular weight excluding hydrogens is 244 g/mol. The lowest BCUT2D eigenvalue weighted by molar-refractivity contribution is 0.0529. The zero-order valence-corrected chi connectivity index (χ0v) is 11.4. The fourth-order valence-corrected chi connectivity index (χ4v) is 1.75. The molecule has 5 heteroatoms. The average Bonchev–Trinajstić information content (AvgIpc) is 2.34. The Hall–Kier alpha value is -2.04. The fourth-order valence-electron chi connectivity index (χ4n) is 1.75. The molecule has 1 aromatic carbocycles. The molecule has 1 aliphatic rings. The van der Waals surface area contributed by atoms with Crippen molar-refractivity contribution in [1.29, 1.82) is 0 Å². The minimum atomic E-state index is -0.552. The molecule has 0 saturated carbocycles. The zero-order valence-electron chi connectivity index (χ0n) is 11.4. The van der Waals surface area contributed by atoms with Gasteiger partial charge in [0.2, 0.25) is 0 Å². The van der Waals surface area contributed by atoms with E-state index in [9.17, 15) is 4.79 Å². The number of para-hydroxylation sites is 1. The van der Waals surface area contributed by atoms with Crippen LogP contribution in [0.15, 0.2) is 29.4 Å². The molecule has 0 aliphatic carbocycles. The van der Waals surface area contributed by atoms with Crippen molar-refractivity contribution < 1.29 is 14.3 Å². The van der Waals surface area contributed by atoms with Crippen LogP contribution in [-0.2, 0) is 4.74 Å². The lowest BCUT2D eigenvalue weighted by Crippen LogP contribution is -2.31. The summed E-state index contributed by atoms with van der Waals surface area (Å²) < 4.78 is 10.6. The van der Waals surface area contributed by atoms with Gasteiger partial charge in [0.1, 0.15) is 11.4 Å². The van der Waals surface area contributed by atoms with Crippen LogP contribution in [0, 0.1) is 0 Å². The molecule has 2 rings (SSSR count). The van der Waals surface area contributed by atoms with Gasteiger partial charge in [0.05, 0.1) is 12.3 Å². The van der Waals surface area contributed by atoms with E-state index in [4.69, 9.17) is 9.47 Å². The molecule has 1 amide bonds. The summed E-state index contributed by atoms with van der Waals surface area (Å²) in [5.41, 5.74) is 3.60. The molecule has 0 fully saturated rings. The first kappa shape index (κ1) is 13.4. The van der Waals surface area contributed by atoms with Gasteiger partial charge in [-0.15, -0.1) is 0 Å². The molecule has 0 radical (unpaired) electrons. The number of benzene rings is 1. The summed E-state index contributed by atoms with van der Waals surface area (Å²) in [5.74, 6) is 0.790. The Morgan fingerprint density at radius 1 is 1.37 bits per heavy atom. The highest BCUT2D eigenvalue weighted by atomic mass is 16.6. The molecule has 0 saturated heterocycles. The van der Waals surface area contributed by atoms with Crippen LogP contribution in [0.4, 0.5) is 4.79 Å². The lowest BCUT2D eigenvalue weighted by atomic mass is 10.0. The van der Waals surface area contributed by atoms with Gasteiger partial charge < -0.3 is 9.47 Å². The van der Waals surface area contributed by atoms with Crippen LogP contribution >= 0.6 is 0 Å². The predicted octanol–water partition coefficient (Wildman–Crippen LogP) is 2.70. The first-order valence-electron chi connectivity index (χ1n) is 6.23. The summed E-state index contributed by atoms with van der Waals surface area (Å²) in [4.78, 5) is 11.5. The Bertz CT molecular complexity index is 504. The number of carbonyl (C=O) groups is 1. The fraction of sp³-hybridized carbons (Fsp3) is 0.429. The Labute approximate surface area is 112 Å². The third-order valence-corrected chi connectivity index (χ3v) is 2.48. The Morgan fingerprint density at radius 2 is 2.11 bits per heavy atom. The van der Waals surface area contributed by atoms with Gasteiger partial charge in [-0.25, -0.2) is 10.2 Å². The van der Waals surface area contributed by atoms with Crippen molar-refractivity contribution in [3.63, 3.8) is 0 Å². The number of nitrogens with zero attached hydrogens (tertiary/aromatic N) is 1. The Kier molecular flexibility index (Phi) is 3.74. The standard InChI is InChI=1S/C14H18N2O3/c1-14(2,3)19-13(17)16-15-11-8-9-18-12-7-5-4-6-10(11)12/h4-7H,8-9H2,1-3H3,(H,16,17)/b15-11-. The molecule has 19 heavy (non-hydrogen) atoms. The van der Waals surface area contributed by atoms with Crippen LogP contribution in [0.3, 0.4) is 0 Å². The summed E-state index contributed by atoms with van der Waals surface area (Å²) in [7, 11) is 0. The second-order valence-electron chi connectivity index (χ2n) is 5.27. The first-order valence-corrected chi connectivity index (χ1v) is 6.23. The summed E-state index contributed by atoms with van der Waals surface area (Å²) in [6.45, 7) is 5.99. The molecule has 102 valence electrons. The summed E-state index contributed by atoms with van der Waals surface area (Å²) in [6.07, 6.45) is 0.108. The van der Waals surface area contributed by atoms with Crippen molar-refractivity contribution in [2.75, 3.05) is 6.61 Å². The number of nitrogens with one attached hydrogen (secondary N) is 1. The summed E-state index contributed by atoms with van der Waals surface area (Å²) >= 11 is 0. The van der Waals surface area contributed by atoms with Crippen LogP contribution in [-0.4, -0.2) is 24.0 Å². The number of amides is 1. The highest BCUT2D eigenvalue weighted by Crippen LogP contribution is 2.24. The molecule has 0 bridgehead atoms. The van der Waals surface area contributed by atoms with Crippen LogP contribution in [0.25, 0.3) is 0 Å². The minimum Gasteiger partial charge on any atom is -0.492 e. The molecule has 0 aromatic heterocycles. The third-order valence-electron chi connectivity index (χ3n) is 2.48. The Balaban J connectivity index is 2.07. The maximum absolute atomic E-state index is 11.5. The van der Waals surface area contributed by atoms with E-state index in [0.29, 0.717) is 13.0 Å². The Morgan fingerprint density at radius 3 is 2.84 bits per heavy atom.